The molecule has 3 amide bonds. The Bertz CT molecular complexity index is 1340. The fourth-order valence-corrected chi connectivity index (χ4v) is 4.94. The Balaban J connectivity index is 1.57. The largest absolute Gasteiger partial charge is 0.369 e. The lowest BCUT2D eigenvalue weighted by Crippen LogP contribution is -2.36. The molecule has 0 saturated carbocycles. The number of carbonyl (C=O) groups excluding carboxylic acids is 3. The van der Waals surface area contributed by atoms with Gasteiger partial charge in [-0.1, -0.05) is 50.2 Å². The SMILES string of the molecule is CC(C)CC(=O)Nc1ccc(N2CCCN(C(=O)c3cccc(F)c3)CC2)c(C(=O)N(C)Cc2ccccc2)c1. The fraction of sp³-hybridized carbons (Fsp3) is 0.344. The molecule has 40 heavy (non-hydrogen) atoms. The van der Waals surface area contributed by atoms with Crippen LogP contribution in [-0.4, -0.2) is 60.7 Å². The average Bonchev–Trinajstić information content (AvgIpc) is 3.18. The minimum atomic E-state index is -0.439. The molecule has 0 aliphatic carbocycles. The highest BCUT2D eigenvalue weighted by atomic mass is 19.1. The first-order valence-corrected chi connectivity index (χ1v) is 13.7. The number of anilines is 2. The van der Waals surface area contributed by atoms with Gasteiger partial charge < -0.3 is 20.0 Å². The van der Waals surface area contributed by atoms with Crippen molar-refractivity contribution in [3.05, 3.63) is 95.3 Å². The van der Waals surface area contributed by atoms with Crippen LogP contribution in [0.3, 0.4) is 0 Å². The molecule has 1 saturated heterocycles. The summed E-state index contributed by atoms with van der Waals surface area (Å²) in [5, 5.41) is 2.93. The van der Waals surface area contributed by atoms with Crippen molar-refractivity contribution >= 4 is 29.1 Å². The summed E-state index contributed by atoms with van der Waals surface area (Å²) in [6, 6.07) is 21.0. The van der Waals surface area contributed by atoms with E-state index in [-0.39, 0.29) is 23.6 Å². The summed E-state index contributed by atoms with van der Waals surface area (Å²) in [6.07, 6.45) is 1.08. The van der Waals surface area contributed by atoms with E-state index in [1.807, 2.05) is 56.3 Å². The zero-order valence-electron chi connectivity index (χ0n) is 23.4. The Kier molecular flexibility index (Phi) is 9.53. The maximum Gasteiger partial charge on any atom is 0.256 e. The van der Waals surface area contributed by atoms with Crippen molar-refractivity contribution in [2.45, 2.75) is 33.2 Å². The molecule has 1 aliphatic rings. The quantitative estimate of drug-likeness (QED) is 0.410. The summed E-state index contributed by atoms with van der Waals surface area (Å²) in [4.78, 5) is 44.8. The Morgan fingerprint density at radius 1 is 0.925 bits per heavy atom. The van der Waals surface area contributed by atoms with Gasteiger partial charge in [-0.05, 0) is 54.3 Å². The smallest absolute Gasteiger partial charge is 0.256 e. The topological polar surface area (TPSA) is 73.0 Å². The Morgan fingerprint density at radius 3 is 2.42 bits per heavy atom. The van der Waals surface area contributed by atoms with Crippen molar-refractivity contribution in [1.82, 2.24) is 9.80 Å². The molecular weight excluding hydrogens is 507 g/mol. The van der Waals surface area contributed by atoms with Gasteiger partial charge in [-0.2, -0.15) is 0 Å². The molecule has 0 unspecified atom stereocenters. The molecule has 3 aromatic rings. The number of amides is 3. The second-order valence-electron chi connectivity index (χ2n) is 10.7. The zero-order valence-corrected chi connectivity index (χ0v) is 23.4. The van der Waals surface area contributed by atoms with E-state index < -0.39 is 5.82 Å². The van der Waals surface area contributed by atoms with Crippen molar-refractivity contribution in [2.75, 3.05) is 43.4 Å². The highest BCUT2D eigenvalue weighted by Crippen LogP contribution is 2.28. The number of hydrogen-bond acceptors (Lipinski definition) is 4. The summed E-state index contributed by atoms with van der Waals surface area (Å²) < 4.78 is 13.7. The van der Waals surface area contributed by atoms with Crippen molar-refractivity contribution < 1.29 is 18.8 Å². The molecule has 210 valence electrons. The normalized spacial score (nSPS) is 13.6. The van der Waals surface area contributed by atoms with Crippen LogP contribution in [0.25, 0.3) is 0 Å². The van der Waals surface area contributed by atoms with Crippen LogP contribution in [0, 0.1) is 11.7 Å². The van der Waals surface area contributed by atoms with Crippen molar-refractivity contribution in [2.24, 2.45) is 5.92 Å². The van der Waals surface area contributed by atoms with Crippen LogP contribution in [-0.2, 0) is 11.3 Å². The Morgan fingerprint density at radius 2 is 1.70 bits per heavy atom. The molecule has 7 nitrogen and oxygen atoms in total. The molecular formula is C32H37FN4O3. The van der Waals surface area contributed by atoms with E-state index in [9.17, 15) is 18.8 Å². The molecule has 0 radical (unpaired) electrons. The van der Waals surface area contributed by atoms with Gasteiger partial charge in [0, 0.05) is 63.1 Å². The van der Waals surface area contributed by atoms with Crippen LogP contribution in [0.4, 0.5) is 15.8 Å². The second kappa shape index (κ2) is 13.2. The first kappa shape index (κ1) is 28.8. The summed E-state index contributed by atoms with van der Waals surface area (Å²) >= 11 is 0. The number of rotatable bonds is 8. The van der Waals surface area contributed by atoms with Crippen molar-refractivity contribution in [3.8, 4) is 0 Å². The zero-order chi connectivity index (χ0) is 28.6. The molecule has 0 spiro atoms. The van der Waals surface area contributed by atoms with Crippen LogP contribution in [0.2, 0.25) is 0 Å². The molecule has 1 heterocycles. The lowest BCUT2D eigenvalue weighted by atomic mass is 10.1. The maximum absolute atomic E-state index is 13.8. The summed E-state index contributed by atoms with van der Waals surface area (Å²) in [6.45, 7) is 6.55. The van der Waals surface area contributed by atoms with Crippen LogP contribution in [0.15, 0.2) is 72.8 Å². The summed E-state index contributed by atoms with van der Waals surface area (Å²) in [5.74, 6) is -0.683. The number of benzene rings is 3. The molecule has 3 aromatic carbocycles. The van der Waals surface area contributed by atoms with Crippen LogP contribution < -0.4 is 10.2 Å². The van der Waals surface area contributed by atoms with Gasteiger partial charge in [0.05, 0.1) is 5.56 Å². The maximum atomic E-state index is 13.8. The van der Waals surface area contributed by atoms with Crippen molar-refractivity contribution in [1.29, 1.82) is 0 Å². The van der Waals surface area contributed by atoms with E-state index in [0.29, 0.717) is 62.4 Å². The lowest BCUT2D eigenvalue weighted by molar-refractivity contribution is -0.116. The van der Waals surface area contributed by atoms with E-state index in [0.717, 1.165) is 11.3 Å². The fourth-order valence-electron chi connectivity index (χ4n) is 4.94. The monoisotopic (exact) mass is 544 g/mol. The van der Waals surface area contributed by atoms with Crippen molar-refractivity contribution in [3.63, 3.8) is 0 Å². The number of hydrogen-bond donors (Lipinski definition) is 1. The van der Waals surface area contributed by atoms with Gasteiger partial charge in [-0.25, -0.2) is 4.39 Å². The van der Waals surface area contributed by atoms with Gasteiger partial charge in [-0.15, -0.1) is 0 Å². The third-order valence-electron chi connectivity index (χ3n) is 6.91. The number of nitrogens with one attached hydrogen (secondary N) is 1. The molecule has 4 rings (SSSR count). The number of nitrogens with zero attached hydrogens (tertiary/aromatic N) is 3. The van der Waals surface area contributed by atoms with E-state index in [2.05, 4.69) is 10.2 Å². The van der Waals surface area contributed by atoms with Gasteiger partial charge in [0.25, 0.3) is 11.8 Å². The molecule has 0 bridgehead atoms. The highest BCUT2D eigenvalue weighted by molar-refractivity contribution is 6.02. The van der Waals surface area contributed by atoms with E-state index >= 15 is 0 Å². The predicted molar refractivity (Wildman–Crippen MR) is 156 cm³/mol. The number of halogens is 1. The highest BCUT2D eigenvalue weighted by Gasteiger charge is 2.25. The second-order valence-corrected chi connectivity index (χ2v) is 10.7. The standard InChI is InChI=1S/C32H37FN4O3/c1-23(2)19-30(38)34-27-13-14-29(28(21-27)32(40)35(3)22-24-9-5-4-6-10-24)36-15-8-16-37(18-17-36)31(39)25-11-7-12-26(33)20-25/h4-7,9-14,20-21,23H,8,15-19,22H2,1-3H3,(H,34,38). The molecule has 0 atom stereocenters. The van der Waals surface area contributed by atoms with Gasteiger partial charge in [0.1, 0.15) is 5.82 Å². The average molecular weight is 545 g/mol. The first-order chi connectivity index (χ1) is 19.2. The van der Waals surface area contributed by atoms with Gasteiger partial charge in [-0.3, -0.25) is 14.4 Å². The first-order valence-electron chi connectivity index (χ1n) is 13.7. The lowest BCUT2D eigenvalue weighted by Gasteiger charge is -2.28. The molecule has 1 aliphatic heterocycles. The Hall–Kier alpha value is -4.20. The van der Waals surface area contributed by atoms with Crippen LogP contribution in [0.1, 0.15) is 53.0 Å². The molecule has 1 fully saturated rings. The van der Waals surface area contributed by atoms with Gasteiger partial charge >= 0.3 is 0 Å². The van der Waals surface area contributed by atoms with Gasteiger partial charge in [0.15, 0.2) is 0 Å². The minimum absolute atomic E-state index is 0.0972. The summed E-state index contributed by atoms with van der Waals surface area (Å²) in [5.41, 5.74) is 3.16. The third kappa shape index (κ3) is 7.46. The van der Waals surface area contributed by atoms with E-state index in [4.69, 9.17) is 0 Å². The summed E-state index contributed by atoms with van der Waals surface area (Å²) in [7, 11) is 1.77. The minimum Gasteiger partial charge on any atom is -0.369 e. The predicted octanol–water partition coefficient (Wildman–Crippen LogP) is 5.44. The van der Waals surface area contributed by atoms with E-state index in [1.54, 1.807) is 29.0 Å². The number of carbonyl (C=O) groups is 3. The van der Waals surface area contributed by atoms with E-state index in [1.165, 1.54) is 18.2 Å². The van der Waals surface area contributed by atoms with Crippen LogP contribution in [0.5, 0.6) is 0 Å². The molecule has 0 aromatic heterocycles. The van der Waals surface area contributed by atoms with Gasteiger partial charge in [0.2, 0.25) is 5.91 Å². The van der Waals surface area contributed by atoms with Crippen LogP contribution >= 0.6 is 0 Å². The Labute approximate surface area is 235 Å². The molecule has 8 heteroatoms. The molecule has 1 N–H and O–H groups in total. The third-order valence-corrected chi connectivity index (χ3v) is 6.91.